The highest BCUT2D eigenvalue weighted by Crippen LogP contribution is 2.37. The van der Waals surface area contributed by atoms with Crippen molar-refractivity contribution in [3.63, 3.8) is 0 Å². The summed E-state index contributed by atoms with van der Waals surface area (Å²) in [5, 5.41) is 12.1. The first-order chi connectivity index (χ1) is 19.8. The first-order valence-corrected chi connectivity index (χ1v) is 13.1. The van der Waals surface area contributed by atoms with E-state index >= 15 is 0 Å². The molecule has 7 nitrogen and oxygen atoms in total. The number of carboxylic acids is 1. The third kappa shape index (κ3) is 6.23. The van der Waals surface area contributed by atoms with Gasteiger partial charge in [0.25, 0.3) is 0 Å². The Hall–Kier alpha value is -5.09. The Bertz CT molecular complexity index is 1700. The number of hydrogen-bond acceptors (Lipinski definition) is 6. The molecule has 0 atom stereocenters. The van der Waals surface area contributed by atoms with E-state index in [4.69, 9.17) is 9.47 Å². The molecule has 0 fully saturated rings. The molecule has 5 rings (SSSR count). The lowest BCUT2D eigenvalue weighted by Crippen LogP contribution is -2.14. The normalized spacial score (nSPS) is 10.7. The van der Waals surface area contributed by atoms with Crippen LogP contribution in [0.15, 0.2) is 91.0 Å². The maximum atomic E-state index is 14.9. The maximum Gasteiger partial charge on any atom is 0.412 e. The summed E-state index contributed by atoms with van der Waals surface area (Å²) in [5.41, 5.74) is 3.30. The van der Waals surface area contributed by atoms with Gasteiger partial charge in [-0.25, -0.2) is 18.4 Å². The summed E-state index contributed by atoms with van der Waals surface area (Å²) >= 11 is 1.20. The highest BCUT2D eigenvalue weighted by atomic mass is 32.1. The first kappa shape index (κ1) is 27.5. The molecule has 1 aromatic heterocycles. The van der Waals surface area contributed by atoms with Crippen molar-refractivity contribution in [3.8, 4) is 33.1 Å². The van der Waals surface area contributed by atoms with Crippen LogP contribution in [0.4, 0.5) is 19.3 Å². The maximum absolute atomic E-state index is 14.9. The summed E-state index contributed by atoms with van der Waals surface area (Å²) in [5.74, 6) is -4.13. The van der Waals surface area contributed by atoms with Crippen molar-refractivity contribution in [1.82, 2.24) is 4.37 Å². The third-order valence-electron chi connectivity index (χ3n) is 6.11. The standard InChI is InChI=1S/C31H22F2N2O5S/c1-18-27(34-31(38)39-17-19-7-3-2-4-8-19)29(41-35-18)21-13-11-20(12-14-21)22-15-24(32)28(25(33)16-22)40-26-10-6-5-9-23(26)30(36)37/h2-16H,17H2,1H3,(H,34,38)(H,36,37). The van der Waals surface area contributed by atoms with Gasteiger partial charge in [-0.15, -0.1) is 0 Å². The summed E-state index contributed by atoms with van der Waals surface area (Å²) in [6, 6.07) is 24.0. The van der Waals surface area contributed by atoms with E-state index < -0.39 is 29.4 Å². The number of aromatic carboxylic acids is 1. The number of aryl methyl sites for hydroxylation is 1. The minimum Gasteiger partial charge on any atom is -0.478 e. The number of aromatic nitrogens is 1. The zero-order valence-corrected chi connectivity index (χ0v) is 22.4. The van der Waals surface area contributed by atoms with Crippen LogP contribution < -0.4 is 10.1 Å². The minimum atomic E-state index is -1.28. The number of carbonyl (C=O) groups excluding carboxylic acids is 1. The molecule has 1 heterocycles. The number of carboxylic acid groups (broad SMARTS) is 1. The second-order valence-electron chi connectivity index (χ2n) is 8.91. The zero-order chi connectivity index (χ0) is 28.9. The van der Waals surface area contributed by atoms with Gasteiger partial charge in [-0.2, -0.15) is 4.37 Å². The third-order valence-corrected chi connectivity index (χ3v) is 7.10. The number of ether oxygens (including phenoxy) is 2. The van der Waals surface area contributed by atoms with Crippen molar-refractivity contribution in [1.29, 1.82) is 0 Å². The predicted octanol–water partition coefficient (Wildman–Crippen LogP) is 8.30. The van der Waals surface area contributed by atoms with E-state index in [0.717, 1.165) is 23.3 Å². The molecule has 0 aliphatic carbocycles. The number of halogens is 2. The van der Waals surface area contributed by atoms with Crippen LogP contribution in [0.1, 0.15) is 21.6 Å². The highest BCUT2D eigenvalue weighted by molar-refractivity contribution is 7.10. The SMILES string of the molecule is Cc1nsc(-c2ccc(-c3cc(F)c(Oc4ccccc4C(=O)O)c(F)c3)cc2)c1NC(=O)OCc1ccccc1. The van der Waals surface area contributed by atoms with E-state index in [1.165, 1.54) is 35.8 Å². The highest BCUT2D eigenvalue weighted by Gasteiger charge is 2.19. The summed E-state index contributed by atoms with van der Waals surface area (Å²) in [6.07, 6.45) is -0.616. The Morgan fingerprint density at radius 2 is 1.51 bits per heavy atom. The van der Waals surface area contributed by atoms with Crippen LogP contribution in [0.2, 0.25) is 0 Å². The van der Waals surface area contributed by atoms with Crippen molar-refractivity contribution in [2.45, 2.75) is 13.5 Å². The van der Waals surface area contributed by atoms with Crippen molar-refractivity contribution in [3.05, 3.63) is 119 Å². The lowest BCUT2D eigenvalue weighted by atomic mass is 10.0. The molecule has 1 amide bonds. The van der Waals surface area contributed by atoms with Crippen LogP contribution in [-0.4, -0.2) is 21.5 Å². The van der Waals surface area contributed by atoms with Gasteiger partial charge in [0.1, 0.15) is 17.9 Å². The van der Waals surface area contributed by atoms with Gasteiger partial charge in [0.05, 0.1) is 16.3 Å². The van der Waals surface area contributed by atoms with Gasteiger partial charge in [0.2, 0.25) is 0 Å². The van der Waals surface area contributed by atoms with E-state index in [9.17, 15) is 23.5 Å². The van der Waals surface area contributed by atoms with Crippen LogP contribution >= 0.6 is 11.5 Å². The van der Waals surface area contributed by atoms with Crippen LogP contribution in [0, 0.1) is 18.6 Å². The molecule has 10 heteroatoms. The number of para-hydroxylation sites is 1. The molecule has 0 bridgehead atoms. The molecule has 4 aromatic carbocycles. The van der Waals surface area contributed by atoms with Gasteiger partial charge in [0.15, 0.2) is 17.4 Å². The molecule has 41 heavy (non-hydrogen) atoms. The van der Waals surface area contributed by atoms with Crippen LogP contribution in [0.25, 0.3) is 21.6 Å². The minimum absolute atomic E-state index is 0.121. The lowest BCUT2D eigenvalue weighted by molar-refractivity contribution is 0.0693. The van der Waals surface area contributed by atoms with Crippen molar-refractivity contribution < 1.29 is 33.0 Å². The van der Waals surface area contributed by atoms with Crippen molar-refractivity contribution in [2.24, 2.45) is 0 Å². The molecule has 0 aliphatic rings. The number of hydrogen-bond donors (Lipinski definition) is 2. The van der Waals surface area contributed by atoms with Gasteiger partial charge in [-0.3, -0.25) is 5.32 Å². The van der Waals surface area contributed by atoms with Crippen LogP contribution in [0.5, 0.6) is 11.5 Å². The number of benzene rings is 4. The number of carbonyl (C=O) groups is 2. The van der Waals surface area contributed by atoms with Gasteiger partial charge in [0, 0.05) is 0 Å². The Kier molecular flexibility index (Phi) is 8.02. The fourth-order valence-corrected chi connectivity index (χ4v) is 4.91. The summed E-state index contributed by atoms with van der Waals surface area (Å²) in [7, 11) is 0. The topological polar surface area (TPSA) is 97.8 Å². The van der Waals surface area contributed by atoms with Gasteiger partial charge >= 0.3 is 12.1 Å². The summed E-state index contributed by atoms with van der Waals surface area (Å²) < 4.78 is 44.9. The Labute approximate surface area is 237 Å². The Balaban J connectivity index is 1.33. The van der Waals surface area contributed by atoms with E-state index in [1.54, 1.807) is 31.2 Å². The smallest absolute Gasteiger partial charge is 0.412 e. The predicted molar refractivity (Wildman–Crippen MR) is 151 cm³/mol. The number of nitrogens with one attached hydrogen (secondary N) is 1. The van der Waals surface area contributed by atoms with Gasteiger partial charge in [-0.05, 0) is 65.0 Å². The number of nitrogens with zero attached hydrogens (tertiary/aromatic N) is 1. The van der Waals surface area contributed by atoms with Gasteiger partial charge in [-0.1, -0.05) is 66.7 Å². The molecule has 0 saturated carbocycles. The Morgan fingerprint density at radius 3 is 2.20 bits per heavy atom. The van der Waals surface area contributed by atoms with Crippen LogP contribution in [0.3, 0.4) is 0 Å². The zero-order valence-electron chi connectivity index (χ0n) is 21.6. The van der Waals surface area contributed by atoms with E-state index in [2.05, 4.69) is 9.69 Å². The van der Waals surface area contributed by atoms with Crippen molar-refractivity contribution >= 4 is 29.3 Å². The Morgan fingerprint density at radius 1 is 0.878 bits per heavy atom. The average Bonchev–Trinajstić information content (AvgIpc) is 3.34. The molecule has 0 unspecified atom stereocenters. The van der Waals surface area contributed by atoms with Gasteiger partial charge < -0.3 is 14.6 Å². The second-order valence-corrected chi connectivity index (χ2v) is 9.68. The number of rotatable bonds is 8. The molecule has 2 N–H and O–H groups in total. The van der Waals surface area contributed by atoms with E-state index in [0.29, 0.717) is 21.8 Å². The lowest BCUT2D eigenvalue weighted by Gasteiger charge is -2.12. The molecular weight excluding hydrogens is 550 g/mol. The second kappa shape index (κ2) is 12.0. The number of amides is 1. The average molecular weight is 573 g/mol. The molecule has 206 valence electrons. The van der Waals surface area contributed by atoms with Crippen molar-refractivity contribution in [2.75, 3.05) is 5.32 Å². The quantitative estimate of drug-likeness (QED) is 0.194. The summed E-state index contributed by atoms with van der Waals surface area (Å²) in [6.45, 7) is 1.89. The van der Waals surface area contributed by atoms with E-state index in [1.807, 2.05) is 30.3 Å². The molecule has 0 radical (unpaired) electrons. The molecule has 5 aromatic rings. The number of anilines is 1. The largest absolute Gasteiger partial charge is 0.478 e. The fourth-order valence-electron chi connectivity index (χ4n) is 4.06. The van der Waals surface area contributed by atoms with E-state index in [-0.39, 0.29) is 23.5 Å². The summed E-state index contributed by atoms with van der Waals surface area (Å²) in [4.78, 5) is 24.6. The monoisotopic (exact) mass is 572 g/mol. The van der Waals surface area contributed by atoms with Crippen LogP contribution in [-0.2, 0) is 11.3 Å². The molecule has 0 aliphatic heterocycles. The molecule has 0 saturated heterocycles. The first-order valence-electron chi connectivity index (χ1n) is 12.3. The fraction of sp³-hybridized carbons (Fsp3) is 0.0645. The molecular formula is C31H22F2N2O5S. The molecule has 0 spiro atoms.